The summed E-state index contributed by atoms with van der Waals surface area (Å²) in [5.74, 6) is -0.216. The average Bonchev–Trinajstić information content (AvgIpc) is 2.95. The van der Waals surface area contributed by atoms with Crippen molar-refractivity contribution in [2.45, 2.75) is 6.92 Å². The highest BCUT2D eigenvalue weighted by Crippen LogP contribution is 2.37. The van der Waals surface area contributed by atoms with E-state index in [0.717, 1.165) is 16.3 Å². The van der Waals surface area contributed by atoms with Gasteiger partial charge in [-0.25, -0.2) is 0 Å². The second kappa shape index (κ2) is 7.10. The first-order valence-corrected chi connectivity index (χ1v) is 9.64. The van der Waals surface area contributed by atoms with Crippen LogP contribution in [0.15, 0.2) is 71.6 Å². The normalized spacial score (nSPS) is 15.7. The summed E-state index contributed by atoms with van der Waals surface area (Å²) >= 11 is 6.72. The molecule has 3 aromatic carbocycles. The standard InChI is InChI=1S/C22H15NO2S2/c1-14(24)16-8-5-10-18(12-16)23-21(25)20(27-22(23)26)13-17-9-4-7-15-6-2-3-11-19(15)17/h2-13H,1H3/b20-13-. The second-order valence-corrected chi connectivity index (χ2v) is 7.87. The van der Waals surface area contributed by atoms with Crippen LogP contribution < -0.4 is 4.90 Å². The number of benzene rings is 3. The van der Waals surface area contributed by atoms with Gasteiger partial charge >= 0.3 is 0 Å². The highest BCUT2D eigenvalue weighted by molar-refractivity contribution is 8.27. The lowest BCUT2D eigenvalue weighted by molar-refractivity contribution is -0.113. The zero-order valence-electron chi connectivity index (χ0n) is 14.5. The molecule has 0 N–H and O–H groups in total. The minimum atomic E-state index is -0.168. The number of anilines is 1. The van der Waals surface area contributed by atoms with Crippen molar-refractivity contribution in [3.05, 3.63) is 82.8 Å². The van der Waals surface area contributed by atoms with Crippen LogP contribution >= 0.6 is 24.0 Å². The van der Waals surface area contributed by atoms with Crippen molar-refractivity contribution in [1.82, 2.24) is 0 Å². The number of rotatable bonds is 3. The van der Waals surface area contributed by atoms with E-state index >= 15 is 0 Å². The monoisotopic (exact) mass is 389 g/mol. The van der Waals surface area contributed by atoms with Crippen LogP contribution in [0.3, 0.4) is 0 Å². The molecule has 0 aliphatic carbocycles. The van der Waals surface area contributed by atoms with E-state index in [2.05, 4.69) is 0 Å². The van der Waals surface area contributed by atoms with Crippen LogP contribution in [-0.4, -0.2) is 16.0 Å². The zero-order chi connectivity index (χ0) is 19.0. The largest absolute Gasteiger partial charge is 0.295 e. The highest BCUT2D eigenvalue weighted by atomic mass is 32.2. The Kier molecular flexibility index (Phi) is 4.64. The van der Waals surface area contributed by atoms with Gasteiger partial charge in [-0.2, -0.15) is 0 Å². The van der Waals surface area contributed by atoms with E-state index in [4.69, 9.17) is 12.2 Å². The molecule has 4 rings (SSSR count). The number of hydrogen-bond acceptors (Lipinski definition) is 4. The van der Waals surface area contributed by atoms with Gasteiger partial charge in [0.1, 0.15) is 0 Å². The van der Waals surface area contributed by atoms with Gasteiger partial charge in [-0.15, -0.1) is 0 Å². The fourth-order valence-corrected chi connectivity index (χ4v) is 4.36. The van der Waals surface area contributed by atoms with E-state index in [9.17, 15) is 9.59 Å². The molecule has 1 saturated heterocycles. The van der Waals surface area contributed by atoms with Crippen molar-refractivity contribution in [2.24, 2.45) is 0 Å². The van der Waals surface area contributed by atoms with Gasteiger partial charge in [0, 0.05) is 5.56 Å². The Labute approximate surface area is 166 Å². The molecule has 27 heavy (non-hydrogen) atoms. The van der Waals surface area contributed by atoms with Gasteiger partial charge in [0.25, 0.3) is 5.91 Å². The molecule has 3 nitrogen and oxygen atoms in total. The Morgan fingerprint density at radius 3 is 2.59 bits per heavy atom. The molecule has 0 unspecified atom stereocenters. The Morgan fingerprint density at radius 1 is 1.04 bits per heavy atom. The third-order valence-electron chi connectivity index (χ3n) is 4.41. The summed E-state index contributed by atoms with van der Waals surface area (Å²) in [6.45, 7) is 1.50. The summed E-state index contributed by atoms with van der Waals surface area (Å²) in [4.78, 5) is 26.7. The van der Waals surface area contributed by atoms with Crippen LogP contribution in [-0.2, 0) is 4.79 Å². The number of Topliss-reactive ketones (excluding diaryl/α,β-unsaturated/α-hetero) is 1. The Balaban J connectivity index is 1.74. The van der Waals surface area contributed by atoms with E-state index in [1.54, 1.807) is 24.3 Å². The van der Waals surface area contributed by atoms with Crippen molar-refractivity contribution >= 4 is 62.5 Å². The first-order chi connectivity index (χ1) is 13.0. The van der Waals surface area contributed by atoms with Gasteiger partial charge in [0.05, 0.1) is 10.6 Å². The molecule has 0 saturated carbocycles. The third kappa shape index (κ3) is 3.31. The maximum atomic E-state index is 13.0. The Morgan fingerprint density at radius 2 is 1.78 bits per heavy atom. The topological polar surface area (TPSA) is 37.4 Å². The molecule has 0 bridgehead atoms. The van der Waals surface area contributed by atoms with Crippen molar-refractivity contribution < 1.29 is 9.59 Å². The van der Waals surface area contributed by atoms with Crippen LogP contribution in [0.2, 0.25) is 0 Å². The minimum Gasteiger partial charge on any atom is -0.295 e. The smallest absolute Gasteiger partial charge is 0.270 e. The number of amides is 1. The van der Waals surface area contributed by atoms with Gasteiger partial charge < -0.3 is 0 Å². The number of thiocarbonyl (C=S) groups is 1. The van der Waals surface area contributed by atoms with Crippen LogP contribution in [0.5, 0.6) is 0 Å². The molecule has 1 aliphatic heterocycles. The summed E-state index contributed by atoms with van der Waals surface area (Å²) in [6.07, 6.45) is 1.89. The number of carbonyl (C=O) groups is 2. The molecular weight excluding hydrogens is 374 g/mol. The molecule has 0 radical (unpaired) electrons. The third-order valence-corrected chi connectivity index (χ3v) is 5.72. The maximum absolute atomic E-state index is 13.0. The summed E-state index contributed by atoms with van der Waals surface area (Å²) in [5, 5.41) is 2.21. The van der Waals surface area contributed by atoms with Crippen LogP contribution in [0.25, 0.3) is 16.8 Å². The maximum Gasteiger partial charge on any atom is 0.270 e. The second-order valence-electron chi connectivity index (χ2n) is 6.19. The predicted octanol–water partition coefficient (Wildman–Crippen LogP) is 5.45. The molecule has 0 aromatic heterocycles. The lowest BCUT2D eigenvalue weighted by Crippen LogP contribution is -2.27. The lowest BCUT2D eigenvalue weighted by Gasteiger charge is -2.15. The van der Waals surface area contributed by atoms with Gasteiger partial charge in [-0.3, -0.25) is 14.5 Å². The van der Waals surface area contributed by atoms with Crippen LogP contribution in [0.1, 0.15) is 22.8 Å². The molecule has 0 atom stereocenters. The Bertz CT molecular complexity index is 1130. The fourth-order valence-electron chi connectivity index (χ4n) is 3.07. The molecule has 132 valence electrons. The van der Waals surface area contributed by atoms with Gasteiger partial charge in [0.15, 0.2) is 10.1 Å². The minimum absolute atomic E-state index is 0.0476. The van der Waals surface area contributed by atoms with Gasteiger partial charge in [-0.1, -0.05) is 78.6 Å². The summed E-state index contributed by atoms with van der Waals surface area (Å²) in [6, 6.07) is 21.1. The first kappa shape index (κ1) is 17.6. The van der Waals surface area contributed by atoms with E-state index in [-0.39, 0.29) is 11.7 Å². The van der Waals surface area contributed by atoms with Crippen molar-refractivity contribution in [2.75, 3.05) is 4.90 Å². The number of hydrogen-bond donors (Lipinski definition) is 0. The molecule has 1 heterocycles. The molecule has 1 amide bonds. The Hall–Kier alpha value is -2.76. The zero-order valence-corrected chi connectivity index (χ0v) is 16.1. The summed E-state index contributed by atoms with van der Waals surface area (Å²) in [7, 11) is 0. The summed E-state index contributed by atoms with van der Waals surface area (Å²) in [5.41, 5.74) is 2.15. The van der Waals surface area contributed by atoms with Gasteiger partial charge in [-0.05, 0) is 41.5 Å². The number of nitrogens with zero attached hydrogens (tertiary/aromatic N) is 1. The number of fused-ring (bicyclic) bond motifs is 1. The van der Waals surface area contributed by atoms with E-state index in [1.165, 1.54) is 23.6 Å². The quantitative estimate of drug-likeness (QED) is 0.339. The molecule has 0 spiro atoms. The number of ketones is 1. The molecular formula is C22H15NO2S2. The predicted molar refractivity (Wildman–Crippen MR) is 116 cm³/mol. The van der Waals surface area contributed by atoms with E-state index in [0.29, 0.717) is 20.5 Å². The fraction of sp³-hybridized carbons (Fsp3) is 0.0455. The number of carbonyl (C=O) groups excluding carboxylic acids is 2. The van der Waals surface area contributed by atoms with Crippen LogP contribution in [0.4, 0.5) is 5.69 Å². The highest BCUT2D eigenvalue weighted by Gasteiger charge is 2.33. The average molecular weight is 390 g/mol. The molecule has 1 fully saturated rings. The van der Waals surface area contributed by atoms with Gasteiger partial charge in [0.2, 0.25) is 0 Å². The lowest BCUT2D eigenvalue weighted by atomic mass is 10.0. The molecule has 5 heteroatoms. The molecule has 1 aliphatic rings. The van der Waals surface area contributed by atoms with E-state index < -0.39 is 0 Å². The summed E-state index contributed by atoms with van der Waals surface area (Å²) < 4.78 is 0.465. The number of thioether (sulfide) groups is 1. The van der Waals surface area contributed by atoms with Crippen LogP contribution in [0, 0.1) is 0 Å². The van der Waals surface area contributed by atoms with Crippen molar-refractivity contribution in [3.63, 3.8) is 0 Å². The SMILES string of the molecule is CC(=O)c1cccc(N2C(=O)/C(=C/c3cccc4ccccc34)SC2=S)c1. The molecule has 3 aromatic rings. The van der Waals surface area contributed by atoms with Crippen molar-refractivity contribution in [3.8, 4) is 0 Å². The van der Waals surface area contributed by atoms with Crippen molar-refractivity contribution in [1.29, 1.82) is 0 Å². The first-order valence-electron chi connectivity index (χ1n) is 8.41. The van der Waals surface area contributed by atoms with E-state index in [1.807, 2.05) is 48.5 Å².